The Hall–Kier alpha value is -5.80. The molecule has 6 aromatic carbocycles. The first-order valence-electron chi connectivity index (χ1n) is 16.0. The van der Waals surface area contributed by atoms with Crippen LogP contribution < -0.4 is 4.90 Å². The van der Waals surface area contributed by atoms with E-state index in [1.807, 2.05) is 0 Å². The molecule has 46 heavy (non-hydrogen) atoms. The van der Waals surface area contributed by atoms with Gasteiger partial charge in [-0.05, 0) is 77.4 Å². The highest BCUT2D eigenvalue weighted by Gasteiger charge is 2.40. The van der Waals surface area contributed by atoms with E-state index in [1.165, 1.54) is 55.6 Å². The van der Waals surface area contributed by atoms with Gasteiger partial charge >= 0.3 is 0 Å². The highest BCUT2D eigenvalue weighted by atomic mass is 15.1. The van der Waals surface area contributed by atoms with Gasteiger partial charge in [-0.15, -0.1) is 0 Å². The van der Waals surface area contributed by atoms with Crippen molar-refractivity contribution in [2.45, 2.75) is 19.3 Å². The van der Waals surface area contributed by atoms with Crippen molar-refractivity contribution in [1.82, 2.24) is 9.13 Å². The summed E-state index contributed by atoms with van der Waals surface area (Å²) in [5, 5.41) is 2.58. The zero-order valence-corrected chi connectivity index (χ0v) is 25.9. The summed E-state index contributed by atoms with van der Waals surface area (Å²) >= 11 is 0. The van der Waals surface area contributed by atoms with Crippen LogP contribution >= 0.6 is 0 Å². The minimum absolute atomic E-state index is 0.229. The Morgan fingerprint density at radius 1 is 0.522 bits per heavy atom. The van der Waals surface area contributed by atoms with Gasteiger partial charge in [0.15, 0.2) is 0 Å². The average molecular weight is 592 g/mol. The number of nitrogens with zero attached hydrogens (tertiary/aromatic N) is 3. The minimum atomic E-state index is -0.229. The summed E-state index contributed by atoms with van der Waals surface area (Å²) in [5.41, 5.74) is 13.2. The molecule has 9 rings (SSSR count). The molecule has 0 saturated carbocycles. The Labute approximate surface area is 269 Å². The summed E-state index contributed by atoms with van der Waals surface area (Å²) in [6, 6.07) is 56.7. The van der Waals surface area contributed by atoms with Crippen LogP contribution in [0, 0.1) is 0 Å². The molecule has 0 atom stereocenters. The number of para-hydroxylation sites is 3. The lowest BCUT2D eigenvalue weighted by Crippen LogP contribution is -2.18. The van der Waals surface area contributed by atoms with Crippen LogP contribution in [0.15, 0.2) is 164 Å². The molecule has 0 saturated heterocycles. The minimum Gasteiger partial charge on any atom is -0.317 e. The molecule has 2 aromatic heterocycles. The zero-order chi connectivity index (χ0) is 30.8. The maximum atomic E-state index is 2.45. The molecule has 220 valence electrons. The second-order valence-electron chi connectivity index (χ2n) is 12.7. The summed E-state index contributed by atoms with van der Waals surface area (Å²) in [5.74, 6) is 0. The summed E-state index contributed by atoms with van der Waals surface area (Å²) < 4.78 is 4.90. The molecule has 3 nitrogen and oxygen atoms in total. The topological polar surface area (TPSA) is 13.1 Å². The first kappa shape index (κ1) is 26.6. The van der Waals surface area contributed by atoms with E-state index < -0.39 is 0 Å². The predicted molar refractivity (Wildman–Crippen MR) is 192 cm³/mol. The maximum absolute atomic E-state index is 2.45. The second-order valence-corrected chi connectivity index (χ2v) is 12.7. The monoisotopic (exact) mass is 591 g/mol. The van der Waals surface area contributed by atoms with Gasteiger partial charge in [0, 0.05) is 50.8 Å². The van der Waals surface area contributed by atoms with Crippen molar-refractivity contribution in [3.8, 4) is 22.5 Å². The van der Waals surface area contributed by atoms with Crippen LogP contribution in [0.5, 0.6) is 0 Å². The molecular weight excluding hydrogens is 558 g/mol. The fourth-order valence-electron chi connectivity index (χ4n) is 7.53. The van der Waals surface area contributed by atoms with Gasteiger partial charge in [-0.25, -0.2) is 0 Å². The largest absolute Gasteiger partial charge is 0.317 e. The number of hydrogen-bond acceptors (Lipinski definition) is 1. The number of aromatic nitrogens is 2. The lowest BCUT2D eigenvalue weighted by atomic mass is 9.82. The lowest BCUT2D eigenvalue weighted by molar-refractivity contribution is 0.646. The summed E-state index contributed by atoms with van der Waals surface area (Å²) in [6.45, 7) is 4.75. The van der Waals surface area contributed by atoms with Gasteiger partial charge < -0.3 is 14.0 Å². The van der Waals surface area contributed by atoms with Gasteiger partial charge in [-0.3, -0.25) is 0 Å². The molecule has 0 aliphatic carbocycles. The number of hydrogen-bond donors (Lipinski definition) is 0. The fourth-order valence-corrected chi connectivity index (χ4v) is 7.53. The summed E-state index contributed by atoms with van der Waals surface area (Å²) in [4.78, 5) is 2.37. The van der Waals surface area contributed by atoms with Crippen molar-refractivity contribution in [3.63, 3.8) is 0 Å². The van der Waals surface area contributed by atoms with Crippen LogP contribution in [0.1, 0.15) is 25.1 Å². The number of benzene rings is 6. The Bertz CT molecular complexity index is 2360. The van der Waals surface area contributed by atoms with Crippen molar-refractivity contribution < 1.29 is 0 Å². The fraction of sp³-hybridized carbons (Fsp3) is 0.0698. The molecule has 0 bridgehead atoms. The van der Waals surface area contributed by atoms with E-state index in [9.17, 15) is 0 Å². The normalized spacial score (nSPS) is 13.2. The maximum Gasteiger partial charge on any atom is 0.0763 e. The molecule has 0 N–H and O–H groups in total. The van der Waals surface area contributed by atoms with Gasteiger partial charge in [0.1, 0.15) is 0 Å². The molecule has 8 aromatic rings. The van der Waals surface area contributed by atoms with Crippen molar-refractivity contribution in [2.24, 2.45) is 0 Å². The number of rotatable bonds is 5. The molecular formula is C43H33N3. The van der Waals surface area contributed by atoms with Crippen molar-refractivity contribution in [3.05, 3.63) is 175 Å². The average Bonchev–Trinajstić information content (AvgIpc) is 3.72. The second kappa shape index (κ2) is 10.1. The van der Waals surface area contributed by atoms with E-state index >= 15 is 0 Å². The molecule has 0 fully saturated rings. The Kier molecular flexibility index (Phi) is 5.85. The van der Waals surface area contributed by atoms with Crippen LogP contribution in [-0.4, -0.2) is 9.13 Å². The number of anilines is 3. The molecule has 1 aliphatic heterocycles. The van der Waals surface area contributed by atoms with E-state index in [-0.39, 0.29) is 5.41 Å². The Morgan fingerprint density at radius 2 is 1.11 bits per heavy atom. The van der Waals surface area contributed by atoms with E-state index in [4.69, 9.17) is 0 Å². The quantitative estimate of drug-likeness (QED) is 0.194. The summed E-state index contributed by atoms with van der Waals surface area (Å²) in [7, 11) is 0. The summed E-state index contributed by atoms with van der Waals surface area (Å²) in [6.07, 6.45) is 2.36. The Balaban J connectivity index is 1.21. The van der Waals surface area contributed by atoms with Gasteiger partial charge in [-0.2, -0.15) is 0 Å². The predicted octanol–water partition coefficient (Wildman–Crippen LogP) is 11.4. The molecule has 0 unspecified atom stereocenters. The van der Waals surface area contributed by atoms with E-state index in [0.29, 0.717) is 0 Å². The van der Waals surface area contributed by atoms with Crippen LogP contribution in [0.2, 0.25) is 0 Å². The highest BCUT2D eigenvalue weighted by Crippen LogP contribution is 2.51. The molecule has 0 radical (unpaired) electrons. The first-order chi connectivity index (χ1) is 22.6. The molecule has 3 heteroatoms. The zero-order valence-electron chi connectivity index (χ0n) is 25.9. The van der Waals surface area contributed by atoms with Gasteiger partial charge in [0.05, 0.1) is 16.7 Å². The lowest BCUT2D eigenvalue weighted by Gasteiger charge is -2.28. The van der Waals surface area contributed by atoms with E-state index in [2.05, 4.69) is 192 Å². The van der Waals surface area contributed by atoms with Gasteiger partial charge in [0.25, 0.3) is 0 Å². The van der Waals surface area contributed by atoms with Crippen molar-refractivity contribution >= 4 is 38.9 Å². The van der Waals surface area contributed by atoms with E-state index in [0.717, 1.165) is 17.1 Å². The first-order valence-corrected chi connectivity index (χ1v) is 16.0. The molecule has 1 aliphatic rings. The van der Waals surface area contributed by atoms with Gasteiger partial charge in [-0.1, -0.05) is 111 Å². The van der Waals surface area contributed by atoms with Crippen molar-refractivity contribution in [2.75, 3.05) is 4.90 Å². The van der Waals surface area contributed by atoms with Crippen molar-refractivity contribution in [1.29, 1.82) is 0 Å². The third-order valence-corrected chi connectivity index (χ3v) is 9.66. The molecule has 3 heterocycles. The molecule has 0 amide bonds. The molecule has 0 spiro atoms. The standard InChI is InChI=1S/C43H33N3/c1-43(2)38-28-35(45(32-16-8-4-9-17-32)34-24-22-31(23-25-34)30-14-6-3-7-15-30)26-27-40(38)44-29-37-36-20-12-13-21-39(36)46(41(37)42(43)44)33-18-10-5-11-19-33/h3-29H,1-2H3. The van der Waals surface area contributed by atoms with Crippen LogP contribution in [-0.2, 0) is 5.41 Å². The SMILES string of the molecule is CC1(C)c2cc(N(c3ccccc3)c3ccc(-c4ccccc4)cc3)ccc2-n2cc3c4ccccc4n(-c4ccccc4)c3c21. The number of fused-ring (bicyclic) bond motifs is 7. The van der Waals surface area contributed by atoms with Crippen LogP contribution in [0.3, 0.4) is 0 Å². The Morgan fingerprint density at radius 3 is 1.85 bits per heavy atom. The van der Waals surface area contributed by atoms with Crippen LogP contribution in [0.4, 0.5) is 17.1 Å². The smallest absolute Gasteiger partial charge is 0.0763 e. The van der Waals surface area contributed by atoms with E-state index in [1.54, 1.807) is 0 Å². The van der Waals surface area contributed by atoms with Gasteiger partial charge in [0.2, 0.25) is 0 Å². The van der Waals surface area contributed by atoms with Crippen LogP contribution in [0.25, 0.3) is 44.3 Å². The third-order valence-electron chi connectivity index (χ3n) is 9.66. The highest BCUT2D eigenvalue weighted by molar-refractivity contribution is 6.11. The third kappa shape index (κ3) is 3.92.